The van der Waals surface area contributed by atoms with Crippen molar-refractivity contribution in [2.75, 3.05) is 5.73 Å². The Morgan fingerprint density at radius 1 is 1.33 bits per heavy atom. The molecule has 8 nitrogen and oxygen atoms in total. The van der Waals surface area contributed by atoms with Gasteiger partial charge in [0.2, 0.25) is 0 Å². The number of hydrogen-bond donors (Lipinski definition) is 2. The molecule has 2 aromatic heterocycles. The number of aromatic nitrogens is 3. The molecule has 0 aromatic carbocycles. The Balaban J connectivity index is 0.00000170. The van der Waals surface area contributed by atoms with Gasteiger partial charge in [0.1, 0.15) is 11.7 Å². The van der Waals surface area contributed by atoms with E-state index >= 15 is 0 Å². The summed E-state index contributed by atoms with van der Waals surface area (Å²) in [5, 5.41) is 9.34. The normalized spacial score (nSPS) is 10.8. The third kappa shape index (κ3) is 6.76. The molecular weight excluding hydrogens is 387 g/mol. The van der Waals surface area contributed by atoms with E-state index < -0.39 is 17.8 Å². The van der Waals surface area contributed by atoms with Gasteiger partial charge in [-0.05, 0) is 18.1 Å². The molecule has 2 rings (SSSR count). The zero-order valence-electron chi connectivity index (χ0n) is 13.6. The van der Waals surface area contributed by atoms with Gasteiger partial charge in [0.05, 0.1) is 24.5 Å². The Kier molecular flexibility index (Phi) is 10.1. The fraction of sp³-hybridized carbons (Fsp3) is 0.333. The van der Waals surface area contributed by atoms with Crippen LogP contribution in [0.4, 0.5) is 5.82 Å². The van der Waals surface area contributed by atoms with E-state index in [0.29, 0.717) is 11.5 Å². The Labute approximate surface area is 165 Å². The Morgan fingerprint density at radius 3 is 2.50 bits per heavy atom. The Morgan fingerprint density at radius 2 is 2.00 bits per heavy atom. The summed E-state index contributed by atoms with van der Waals surface area (Å²) in [4.78, 5) is 30.1. The van der Waals surface area contributed by atoms with Gasteiger partial charge in [0, 0.05) is 45.1 Å². The first-order chi connectivity index (χ1) is 11.0. The van der Waals surface area contributed by atoms with Gasteiger partial charge in [-0.2, -0.15) is 0 Å². The fourth-order valence-electron chi connectivity index (χ4n) is 1.92. The molecule has 4 N–H and O–H groups in total. The summed E-state index contributed by atoms with van der Waals surface area (Å²) < 4.78 is 1.39. The average molecular weight is 407 g/mol. The second-order valence-electron chi connectivity index (χ2n) is 4.58. The maximum atomic E-state index is 11.4. The van der Waals surface area contributed by atoms with Crippen molar-refractivity contribution in [3.63, 3.8) is 0 Å². The van der Waals surface area contributed by atoms with Crippen LogP contribution in [-0.2, 0) is 55.3 Å². The molecule has 0 aliphatic carbocycles. The molecule has 0 aliphatic heterocycles. The van der Waals surface area contributed by atoms with E-state index in [1.165, 1.54) is 23.3 Å². The Hall–Kier alpha value is -1.80. The number of carbonyl (C=O) groups excluding carboxylic acids is 1. The summed E-state index contributed by atoms with van der Waals surface area (Å²) in [6.45, 7) is 3.85. The average Bonchev–Trinajstić information content (AvgIpc) is 2.95. The van der Waals surface area contributed by atoms with Crippen LogP contribution in [-0.4, -0.2) is 31.5 Å². The third-order valence-corrected chi connectivity index (χ3v) is 2.92. The molecule has 1 unspecified atom stereocenters. The van der Waals surface area contributed by atoms with Crippen LogP contribution in [0.25, 0.3) is 5.73 Å². The van der Waals surface area contributed by atoms with Gasteiger partial charge >= 0.3 is 5.97 Å². The van der Waals surface area contributed by atoms with Crippen molar-refractivity contribution < 1.29 is 47.4 Å². The number of imidazole rings is 1. The van der Waals surface area contributed by atoms with E-state index in [1.54, 1.807) is 12.1 Å². The molecule has 2 heterocycles. The zero-order chi connectivity index (χ0) is 17.4. The number of nitrogens with zero attached hydrogens (tertiary/aromatic N) is 3. The molecule has 0 fully saturated rings. The molecule has 0 saturated carbocycles. The first kappa shape index (κ1) is 22.2. The van der Waals surface area contributed by atoms with Crippen LogP contribution in [0.1, 0.15) is 31.0 Å². The Bertz CT molecular complexity index is 657. The first-order valence-corrected chi connectivity index (χ1v) is 7.15. The molecule has 1 atom stereocenters. The molecule has 0 spiro atoms. The number of amides is 1. The van der Waals surface area contributed by atoms with E-state index in [1.807, 2.05) is 13.8 Å². The molecule has 24 heavy (non-hydrogen) atoms. The van der Waals surface area contributed by atoms with E-state index in [-0.39, 0.29) is 45.7 Å². The maximum absolute atomic E-state index is 11.4. The van der Waals surface area contributed by atoms with Crippen molar-refractivity contribution >= 4 is 17.7 Å². The minimum absolute atomic E-state index is 0. The van der Waals surface area contributed by atoms with Gasteiger partial charge in [0.15, 0.2) is 0 Å². The summed E-state index contributed by atoms with van der Waals surface area (Å²) in [7, 11) is 0. The molecule has 0 bridgehead atoms. The minimum Gasteiger partial charge on any atom is -0.666 e. The van der Waals surface area contributed by atoms with Crippen molar-refractivity contribution in [1.82, 2.24) is 14.5 Å². The third-order valence-electron chi connectivity index (χ3n) is 2.92. The van der Waals surface area contributed by atoms with Crippen LogP contribution in [0.3, 0.4) is 0 Å². The fourth-order valence-corrected chi connectivity index (χ4v) is 1.92. The smallest absolute Gasteiger partial charge is 0.312 e. The SMILES string of the molecule is CC.[NH-]C(=O)Cn1cnc(C(Cc2ccc(N)nc2)C(=O)O)c1.[Y]. The number of carboxylic acids is 1. The number of hydrogen-bond acceptors (Lipinski definition) is 5. The number of nitrogen functional groups attached to an aromatic ring is 1. The molecule has 1 radical (unpaired) electrons. The van der Waals surface area contributed by atoms with Crippen LogP contribution in [0, 0.1) is 0 Å². The van der Waals surface area contributed by atoms with Crippen LogP contribution in [0.2, 0.25) is 0 Å². The number of nitrogens with one attached hydrogen (secondary N) is 1. The van der Waals surface area contributed by atoms with Gasteiger partial charge in [-0.1, -0.05) is 19.9 Å². The van der Waals surface area contributed by atoms with Crippen molar-refractivity contribution in [1.29, 1.82) is 0 Å². The predicted molar refractivity (Wildman–Crippen MR) is 85.6 cm³/mol. The van der Waals surface area contributed by atoms with Crippen LogP contribution < -0.4 is 5.73 Å². The van der Waals surface area contributed by atoms with Gasteiger partial charge in [-0.3, -0.25) is 4.79 Å². The zero-order valence-corrected chi connectivity index (χ0v) is 16.5. The van der Waals surface area contributed by atoms with Crippen molar-refractivity contribution in [3.05, 3.63) is 47.8 Å². The summed E-state index contributed by atoms with van der Waals surface area (Å²) in [5.41, 5.74) is 13.4. The predicted octanol–water partition coefficient (Wildman–Crippen LogP) is 1.87. The van der Waals surface area contributed by atoms with Crippen molar-refractivity contribution in [2.24, 2.45) is 0 Å². The van der Waals surface area contributed by atoms with Gasteiger partial charge in [0.25, 0.3) is 0 Å². The standard InChI is InChI=1S/C13H15N5O3.C2H6.Y/c14-11-2-1-8(4-16-11)3-9(13(20)21)10-5-18(7-17-10)6-12(15)19;1-2;/h1-2,4-5,7,9H,3,6H2,(H5,14,15,16,19,20,21);1-2H3;/p-1. The summed E-state index contributed by atoms with van der Waals surface area (Å²) >= 11 is 0. The summed E-state index contributed by atoms with van der Waals surface area (Å²) in [5.74, 6) is -2.27. The monoisotopic (exact) mass is 407 g/mol. The number of nitrogens with two attached hydrogens (primary N) is 1. The first-order valence-electron chi connectivity index (χ1n) is 7.15. The maximum Gasteiger partial charge on any atom is 0.312 e. The minimum atomic E-state index is -1.02. The van der Waals surface area contributed by atoms with Crippen LogP contribution in [0.5, 0.6) is 0 Å². The van der Waals surface area contributed by atoms with E-state index in [0.717, 1.165) is 5.56 Å². The van der Waals surface area contributed by atoms with Crippen molar-refractivity contribution in [2.45, 2.75) is 32.7 Å². The van der Waals surface area contributed by atoms with E-state index in [9.17, 15) is 14.7 Å². The van der Waals surface area contributed by atoms with Crippen LogP contribution >= 0.6 is 0 Å². The molecule has 1 amide bonds. The van der Waals surface area contributed by atoms with Gasteiger partial charge in [-0.15, -0.1) is 0 Å². The van der Waals surface area contributed by atoms with Crippen LogP contribution in [0.15, 0.2) is 30.9 Å². The second kappa shape index (κ2) is 10.9. The topological polar surface area (TPSA) is 135 Å². The number of aliphatic carboxylic acids is 1. The summed E-state index contributed by atoms with van der Waals surface area (Å²) in [6.07, 6.45) is 4.55. The number of carbonyl (C=O) groups is 2. The van der Waals surface area contributed by atoms with Gasteiger partial charge in [-0.25, -0.2) is 9.97 Å². The molecule has 0 saturated heterocycles. The molecule has 2 aromatic rings. The van der Waals surface area contributed by atoms with E-state index in [4.69, 9.17) is 11.5 Å². The van der Waals surface area contributed by atoms with E-state index in [2.05, 4.69) is 9.97 Å². The molecule has 9 heteroatoms. The molecular formula is C15H20N5O3Y-. The quantitative estimate of drug-likeness (QED) is 0.751. The molecule has 0 aliphatic rings. The number of pyridine rings is 1. The number of anilines is 1. The number of carboxylic acid groups (broad SMARTS) is 1. The van der Waals surface area contributed by atoms with Gasteiger partial charge < -0.3 is 25.9 Å². The molecule has 127 valence electrons. The number of rotatable bonds is 6. The summed E-state index contributed by atoms with van der Waals surface area (Å²) in [6, 6.07) is 3.31. The van der Waals surface area contributed by atoms with Crippen molar-refractivity contribution in [3.8, 4) is 0 Å². The second-order valence-corrected chi connectivity index (χ2v) is 4.58. The largest absolute Gasteiger partial charge is 0.666 e.